The van der Waals surface area contributed by atoms with Crippen LogP contribution in [-0.2, 0) is 21.8 Å². The fourth-order valence-corrected chi connectivity index (χ4v) is 4.57. The van der Waals surface area contributed by atoms with Gasteiger partial charge in [-0.15, -0.1) is 0 Å². The van der Waals surface area contributed by atoms with Gasteiger partial charge < -0.3 is 15.6 Å². The van der Waals surface area contributed by atoms with E-state index in [1.807, 2.05) is 0 Å². The third-order valence-electron chi connectivity index (χ3n) is 5.15. The number of hydrogen-bond donors (Lipinski definition) is 3. The minimum absolute atomic E-state index is 0.0415. The largest absolute Gasteiger partial charge is 0.419 e. The molecule has 1 aromatic carbocycles. The fourth-order valence-electron chi connectivity index (χ4n) is 3.78. The molecule has 3 heterocycles. The van der Waals surface area contributed by atoms with E-state index in [0.717, 1.165) is 31.8 Å². The van der Waals surface area contributed by atoms with Crippen LogP contribution >= 0.6 is 0 Å². The smallest absolute Gasteiger partial charge is 0.360 e. The van der Waals surface area contributed by atoms with Gasteiger partial charge in [0.25, 0.3) is 0 Å². The van der Waals surface area contributed by atoms with Crippen molar-refractivity contribution in [2.45, 2.75) is 30.8 Å². The highest BCUT2D eigenvalue weighted by molar-refractivity contribution is 7.89. The molecule has 0 saturated carbocycles. The first kappa shape index (κ1) is 21.6. The zero-order chi connectivity index (χ0) is 22.2. The molecule has 7 nitrogen and oxygen atoms in total. The number of rotatable bonds is 5. The third-order valence-corrected chi connectivity index (χ3v) is 6.01. The van der Waals surface area contributed by atoms with Crippen molar-refractivity contribution < 1.29 is 21.6 Å². The van der Waals surface area contributed by atoms with Crippen molar-refractivity contribution in [2.24, 2.45) is 0 Å². The number of nitrogens with one attached hydrogen (secondary N) is 3. The summed E-state index contributed by atoms with van der Waals surface area (Å²) >= 11 is 0. The number of aromatic nitrogens is 3. The maximum atomic E-state index is 13.7. The van der Waals surface area contributed by atoms with Gasteiger partial charge in [0.15, 0.2) is 9.84 Å². The predicted molar refractivity (Wildman–Crippen MR) is 112 cm³/mol. The minimum Gasteiger partial charge on any atom is -0.360 e. The highest BCUT2D eigenvalue weighted by atomic mass is 32.2. The van der Waals surface area contributed by atoms with Gasteiger partial charge in [0.05, 0.1) is 11.4 Å². The summed E-state index contributed by atoms with van der Waals surface area (Å²) in [6, 6.07) is 4.88. The quantitative estimate of drug-likeness (QED) is 0.548. The predicted octanol–water partition coefficient (Wildman–Crippen LogP) is 3.35. The molecule has 1 atom stereocenters. The van der Waals surface area contributed by atoms with Crippen LogP contribution in [0.5, 0.6) is 0 Å². The van der Waals surface area contributed by atoms with E-state index in [1.54, 1.807) is 18.2 Å². The molecular formula is C20H22F3N5O2S. The van der Waals surface area contributed by atoms with Gasteiger partial charge in [-0.25, -0.2) is 18.4 Å². The Kier molecular flexibility index (Phi) is 5.65. The molecule has 3 N–H and O–H groups in total. The zero-order valence-electron chi connectivity index (χ0n) is 16.8. The lowest BCUT2D eigenvalue weighted by Crippen LogP contribution is -2.38. The first-order valence-corrected chi connectivity index (χ1v) is 11.9. The Morgan fingerprint density at radius 2 is 2.10 bits per heavy atom. The van der Waals surface area contributed by atoms with Gasteiger partial charge in [0.1, 0.15) is 5.56 Å². The van der Waals surface area contributed by atoms with E-state index >= 15 is 0 Å². The number of piperidine rings is 1. The Bertz CT molecular complexity index is 1200. The molecule has 0 bridgehead atoms. The topological polar surface area (TPSA) is 99.8 Å². The molecule has 0 amide bonds. The van der Waals surface area contributed by atoms with Crippen molar-refractivity contribution in [1.29, 1.82) is 0 Å². The highest BCUT2D eigenvalue weighted by Gasteiger charge is 2.36. The maximum Gasteiger partial charge on any atom is 0.419 e. The molecule has 2 aromatic heterocycles. The molecule has 11 heteroatoms. The van der Waals surface area contributed by atoms with Crippen LogP contribution in [-0.4, -0.2) is 48.8 Å². The molecule has 3 aromatic rings. The molecule has 31 heavy (non-hydrogen) atoms. The first-order chi connectivity index (χ1) is 14.6. The van der Waals surface area contributed by atoms with Crippen molar-refractivity contribution in [3.63, 3.8) is 0 Å². The number of aromatic amines is 1. The van der Waals surface area contributed by atoms with Crippen LogP contribution in [0.1, 0.15) is 24.0 Å². The standard InChI is InChI=1S/C20H22F3N5O2S/c1-31(29,30)11-12-4-5-14-15(9-25-17(14)7-12)18-16(20(21,22)23)10-26-19(28-18)27-13-3-2-6-24-8-13/h4-5,7,9-10,13,24-25H,2-3,6,8,11H2,1H3,(H,26,27,28)/t13-/m0/s1. The number of benzene rings is 1. The summed E-state index contributed by atoms with van der Waals surface area (Å²) < 4.78 is 64.2. The van der Waals surface area contributed by atoms with Gasteiger partial charge in [0, 0.05) is 47.7 Å². The Hall–Kier alpha value is -2.66. The lowest BCUT2D eigenvalue weighted by molar-refractivity contribution is -0.137. The highest BCUT2D eigenvalue weighted by Crippen LogP contribution is 2.38. The van der Waals surface area contributed by atoms with Crippen LogP contribution in [0.3, 0.4) is 0 Å². The van der Waals surface area contributed by atoms with Gasteiger partial charge in [-0.05, 0) is 31.0 Å². The number of hydrogen-bond acceptors (Lipinski definition) is 6. The molecule has 0 radical (unpaired) electrons. The molecule has 4 rings (SSSR count). The van der Waals surface area contributed by atoms with Gasteiger partial charge in [-0.3, -0.25) is 0 Å². The van der Waals surface area contributed by atoms with Gasteiger partial charge >= 0.3 is 6.18 Å². The monoisotopic (exact) mass is 453 g/mol. The van der Waals surface area contributed by atoms with Crippen LogP contribution < -0.4 is 10.6 Å². The third kappa shape index (κ3) is 4.99. The molecule has 1 aliphatic rings. The van der Waals surface area contributed by atoms with Gasteiger partial charge in [-0.2, -0.15) is 13.2 Å². The molecule has 1 aliphatic heterocycles. The number of nitrogens with zero attached hydrogens (tertiary/aromatic N) is 2. The van der Waals surface area contributed by atoms with Crippen molar-refractivity contribution >= 4 is 26.7 Å². The zero-order valence-corrected chi connectivity index (χ0v) is 17.6. The van der Waals surface area contributed by atoms with E-state index in [4.69, 9.17) is 0 Å². The SMILES string of the molecule is CS(=O)(=O)Cc1ccc2c(-c3nc(N[C@H]4CCCNC4)ncc3C(F)(F)F)c[nH]c2c1. The number of sulfone groups is 1. The van der Waals surface area contributed by atoms with Crippen LogP contribution in [0.4, 0.5) is 19.1 Å². The van der Waals surface area contributed by atoms with Crippen LogP contribution in [0.25, 0.3) is 22.2 Å². The van der Waals surface area contributed by atoms with Crippen LogP contribution in [0, 0.1) is 0 Å². The lowest BCUT2D eigenvalue weighted by Gasteiger charge is -2.24. The van der Waals surface area contributed by atoms with E-state index in [0.29, 0.717) is 23.0 Å². The first-order valence-electron chi connectivity index (χ1n) is 9.80. The second kappa shape index (κ2) is 8.12. The summed E-state index contributed by atoms with van der Waals surface area (Å²) in [5.41, 5.74) is 0.209. The molecule has 1 fully saturated rings. The molecule has 1 saturated heterocycles. The number of fused-ring (bicyclic) bond motifs is 1. The Morgan fingerprint density at radius 3 is 2.77 bits per heavy atom. The Balaban J connectivity index is 1.75. The van der Waals surface area contributed by atoms with E-state index in [9.17, 15) is 21.6 Å². The summed E-state index contributed by atoms with van der Waals surface area (Å²) in [5.74, 6) is -0.0120. The van der Waals surface area contributed by atoms with E-state index in [-0.39, 0.29) is 29.0 Å². The van der Waals surface area contributed by atoms with Crippen LogP contribution in [0.15, 0.2) is 30.6 Å². The minimum atomic E-state index is -4.62. The molecule has 166 valence electrons. The fraction of sp³-hybridized carbons (Fsp3) is 0.400. The van der Waals surface area contributed by atoms with Crippen molar-refractivity contribution in [1.82, 2.24) is 20.3 Å². The second-order valence-corrected chi connectivity index (χ2v) is 9.93. The average molecular weight is 453 g/mol. The Labute approximate surface area is 177 Å². The number of alkyl halides is 3. The normalized spacial score (nSPS) is 17.7. The summed E-state index contributed by atoms with van der Waals surface area (Å²) in [7, 11) is -3.23. The Morgan fingerprint density at radius 1 is 1.29 bits per heavy atom. The second-order valence-electron chi connectivity index (χ2n) is 7.79. The average Bonchev–Trinajstić information content (AvgIpc) is 3.09. The number of H-pyrrole nitrogens is 1. The number of anilines is 1. The summed E-state index contributed by atoms with van der Waals surface area (Å²) in [4.78, 5) is 11.1. The summed E-state index contributed by atoms with van der Waals surface area (Å²) in [6.45, 7) is 1.60. The van der Waals surface area contributed by atoms with Gasteiger partial charge in [-0.1, -0.05) is 12.1 Å². The van der Waals surface area contributed by atoms with Crippen LogP contribution in [0.2, 0.25) is 0 Å². The van der Waals surface area contributed by atoms with Gasteiger partial charge in [0.2, 0.25) is 5.95 Å². The molecule has 0 aliphatic carbocycles. The van der Waals surface area contributed by atoms with E-state index in [2.05, 4.69) is 25.6 Å². The van der Waals surface area contributed by atoms with Crippen molar-refractivity contribution in [3.05, 3.63) is 41.7 Å². The molecule has 0 unspecified atom stereocenters. The lowest BCUT2D eigenvalue weighted by atomic mass is 10.0. The number of halogens is 3. The molecular weight excluding hydrogens is 431 g/mol. The van der Waals surface area contributed by atoms with E-state index < -0.39 is 21.6 Å². The summed E-state index contributed by atoms with van der Waals surface area (Å²) in [6.07, 6.45) is 0.604. The maximum absolute atomic E-state index is 13.7. The van der Waals surface area contributed by atoms with Crippen molar-refractivity contribution in [3.8, 4) is 11.3 Å². The van der Waals surface area contributed by atoms with Crippen molar-refractivity contribution in [2.75, 3.05) is 24.7 Å². The summed E-state index contributed by atoms with van der Waals surface area (Å²) in [5, 5.41) is 6.87. The van der Waals surface area contributed by atoms with E-state index in [1.165, 1.54) is 6.20 Å². The molecule has 0 spiro atoms.